The molecule has 1 saturated carbocycles. The van der Waals surface area contributed by atoms with E-state index in [2.05, 4.69) is 17.5 Å². The van der Waals surface area contributed by atoms with E-state index in [1.54, 1.807) is 11.8 Å². The first-order valence-electron chi connectivity index (χ1n) is 12.9. The third-order valence-electron chi connectivity index (χ3n) is 6.96. The maximum Gasteiger partial charge on any atom is 0.326 e. The van der Waals surface area contributed by atoms with E-state index >= 15 is 0 Å². The molecule has 0 heterocycles. The van der Waals surface area contributed by atoms with Gasteiger partial charge in [-0.2, -0.15) is 11.8 Å². The number of carbonyl (C=O) groups excluding carboxylic acids is 1. The Kier molecular flexibility index (Phi) is 10.9. The molecule has 2 aromatic carbocycles. The highest BCUT2D eigenvalue weighted by molar-refractivity contribution is 7.98. The third kappa shape index (κ3) is 8.28. The topological polar surface area (TPSA) is 66.4 Å². The number of nitrogens with one attached hydrogen (secondary N) is 1. The molecule has 3 rings (SSSR count). The second-order valence-corrected chi connectivity index (χ2v) is 10.6. The summed E-state index contributed by atoms with van der Waals surface area (Å²) >= 11 is 1.57. The number of carboxylic acids is 1. The molecule has 5 heteroatoms. The molecule has 1 fully saturated rings. The van der Waals surface area contributed by atoms with Gasteiger partial charge in [-0.3, -0.25) is 4.79 Å². The van der Waals surface area contributed by atoms with Crippen LogP contribution in [0, 0.1) is 12.8 Å². The SMILES string of the molecule is CSCC[C@H](NC(=O)c1ccc(/C=C/CCCC2CCCCC2)cc1-c1ccccc1C)C(=O)O. The number of thioether (sulfide) groups is 1. The molecular weight excluding hydrogens is 454 g/mol. The van der Waals surface area contributed by atoms with Crippen LogP contribution in [0.3, 0.4) is 0 Å². The van der Waals surface area contributed by atoms with Gasteiger partial charge in [0.2, 0.25) is 0 Å². The lowest BCUT2D eigenvalue weighted by atomic mass is 9.86. The van der Waals surface area contributed by atoms with Crippen LogP contribution in [0.4, 0.5) is 0 Å². The molecule has 2 N–H and O–H groups in total. The first-order valence-corrected chi connectivity index (χ1v) is 14.3. The maximum absolute atomic E-state index is 13.2. The van der Waals surface area contributed by atoms with E-state index in [0.29, 0.717) is 17.7 Å². The van der Waals surface area contributed by atoms with Crippen LogP contribution in [-0.2, 0) is 4.79 Å². The summed E-state index contributed by atoms with van der Waals surface area (Å²) in [5.41, 5.74) is 4.45. The number of benzene rings is 2. The Morgan fingerprint density at radius 3 is 2.60 bits per heavy atom. The molecule has 4 nitrogen and oxygen atoms in total. The lowest BCUT2D eigenvalue weighted by Gasteiger charge is -2.20. The quantitative estimate of drug-likeness (QED) is 0.303. The molecular formula is C30H39NO3S. The number of hydrogen-bond donors (Lipinski definition) is 2. The Morgan fingerprint density at radius 1 is 1.11 bits per heavy atom. The van der Waals surface area contributed by atoms with Crippen molar-refractivity contribution in [2.75, 3.05) is 12.0 Å². The summed E-state index contributed by atoms with van der Waals surface area (Å²) in [5.74, 6) is 0.234. The van der Waals surface area contributed by atoms with Crippen molar-refractivity contribution in [2.24, 2.45) is 5.92 Å². The monoisotopic (exact) mass is 493 g/mol. The minimum atomic E-state index is -1.00. The van der Waals surface area contributed by atoms with Gasteiger partial charge in [0.15, 0.2) is 0 Å². The Morgan fingerprint density at radius 2 is 1.89 bits per heavy atom. The highest BCUT2D eigenvalue weighted by Gasteiger charge is 2.22. The van der Waals surface area contributed by atoms with Crippen LogP contribution < -0.4 is 5.32 Å². The van der Waals surface area contributed by atoms with Crippen LogP contribution in [0.1, 0.15) is 79.3 Å². The van der Waals surface area contributed by atoms with Crippen molar-refractivity contribution in [1.82, 2.24) is 5.32 Å². The minimum absolute atomic E-state index is 0.347. The average molecular weight is 494 g/mol. The van der Waals surface area contributed by atoms with Gasteiger partial charge in [0, 0.05) is 5.56 Å². The van der Waals surface area contributed by atoms with Crippen molar-refractivity contribution in [3.8, 4) is 11.1 Å². The molecule has 0 saturated heterocycles. The number of aryl methyl sites for hydroxylation is 1. The zero-order chi connectivity index (χ0) is 25.0. The van der Waals surface area contributed by atoms with Crippen LogP contribution in [0.5, 0.6) is 0 Å². The third-order valence-corrected chi connectivity index (χ3v) is 7.60. The van der Waals surface area contributed by atoms with E-state index in [1.807, 2.05) is 55.6 Å². The van der Waals surface area contributed by atoms with E-state index in [4.69, 9.17) is 0 Å². The van der Waals surface area contributed by atoms with E-state index < -0.39 is 12.0 Å². The molecule has 0 spiro atoms. The second kappa shape index (κ2) is 14.1. The molecule has 35 heavy (non-hydrogen) atoms. The molecule has 188 valence electrons. The highest BCUT2D eigenvalue weighted by Crippen LogP contribution is 2.30. The first-order chi connectivity index (χ1) is 17.0. The summed E-state index contributed by atoms with van der Waals surface area (Å²) in [6.45, 7) is 2.03. The lowest BCUT2D eigenvalue weighted by molar-refractivity contribution is -0.139. The van der Waals surface area contributed by atoms with Gasteiger partial charge in [-0.15, -0.1) is 0 Å². The van der Waals surface area contributed by atoms with Crippen LogP contribution in [-0.4, -0.2) is 35.0 Å². The van der Waals surface area contributed by atoms with Crippen molar-refractivity contribution in [1.29, 1.82) is 0 Å². The number of unbranched alkanes of at least 4 members (excludes halogenated alkanes) is 1. The van der Waals surface area contributed by atoms with E-state index in [1.165, 1.54) is 44.9 Å². The van der Waals surface area contributed by atoms with Crippen LogP contribution in [0.25, 0.3) is 17.2 Å². The van der Waals surface area contributed by atoms with Crippen LogP contribution in [0.15, 0.2) is 48.5 Å². The normalized spacial score (nSPS) is 15.3. The van der Waals surface area contributed by atoms with Crippen molar-refractivity contribution in [3.63, 3.8) is 0 Å². The maximum atomic E-state index is 13.2. The number of aliphatic carboxylic acids is 1. The predicted molar refractivity (Wildman–Crippen MR) is 148 cm³/mol. The second-order valence-electron chi connectivity index (χ2n) is 9.60. The zero-order valence-electron chi connectivity index (χ0n) is 21.1. The molecule has 1 aliphatic rings. The first kappa shape index (κ1) is 27.1. The van der Waals surface area contributed by atoms with Gasteiger partial charge in [-0.1, -0.05) is 81.0 Å². The summed E-state index contributed by atoms with van der Waals surface area (Å²) in [4.78, 5) is 24.9. The smallest absolute Gasteiger partial charge is 0.326 e. The van der Waals surface area contributed by atoms with Gasteiger partial charge in [0.05, 0.1) is 0 Å². The average Bonchev–Trinajstić information content (AvgIpc) is 2.87. The van der Waals surface area contributed by atoms with Crippen molar-refractivity contribution in [3.05, 3.63) is 65.2 Å². The summed E-state index contributed by atoms with van der Waals surface area (Å²) in [6, 6.07) is 12.9. The largest absolute Gasteiger partial charge is 0.480 e. The summed E-state index contributed by atoms with van der Waals surface area (Å²) in [7, 11) is 0. The predicted octanol–water partition coefficient (Wildman–Crippen LogP) is 7.36. The van der Waals surface area contributed by atoms with Gasteiger partial charge >= 0.3 is 5.97 Å². The zero-order valence-corrected chi connectivity index (χ0v) is 21.9. The number of hydrogen-bond acceptors (Lipinski definition) is 3. The van der Waals surface area contributed by atoms with E-state index in [9.17, 15) is 14.7 Å². The molecule has 1 atom stereocenters. The van der Waals surface area contributed by atoms with E-state index in [-0.39, 0.29) is 5.91 Å². The molecule has 1 aliphatic carbocycles. The molecule has 0 aromatic heterocycles. The van der Waals surface area contributed by atoms with Gasteiger partial charge in [-0.25, -0.2) is 4.79 Å². The molecule has 0 bridgehead atoms. The lowest BCUT2D eigenvalue weighted by Crippen LogP contribution is -2.41. The van der Waals surface area contributed by atoms with Crippen molar-refractivity contribution in [2.45, 2.75) is 70.8 Å². The highest BCUT2D eigenvalue weighted by atomic mass is 32.2. The summed E-state index contributed by atoms with van der Waals surface area (Å²) in [5, 5.41) is 12.3. The molecule has 0 aliphatic heterocycles. The van der Waals surface area contributed by atoms with Gasteiger partial charge in [0.1, 0.15) is 6.04 Å². The Hall–Kier alpha value is -2.53. The summed E-state index contributed by atoms with van der Waals surface area (Å²) < 4.78 is 0. The number of amides is 1. The number of carboxylic acid groups (broad SMARTS) is 1. The van der Waals surface area contributed by atoms with Crippen LogP contribution in [0.2, 0.25) is 0 Å². The van der Waals surface area contributed by atoms with Gasteiger partial charge in [-0.05, 0) is 78.5 Å². The Bertz CT molecular complexity index is 1010. The molecule has 2 aromatic rings. The Balaban J connectivity index is 1.76. The molecule has 0 unspecified atom stereocenters. The van der Waals surface area contributed by atoms with E-state index in [0.717, 1.165) is 34.6 Å². The number of carbonyl (C=O) groups is 2. The molecule has 1 amide bonds. The minimum Gasteiger partial charge on any atom is -0.480 e. The Labute approximate surface area is 214 Å². The van der Waals surface area contributed by atoms with Gasteiger partial charge < -0.3 is 10.4 Å². The fourth-order valence-electron chi connectivity index (χ4n) is 4.91. The number of allylic oxidation sites excluding steroid dienone is 1. The molecule has 0 radical (unpaired) electrons. The summed E-state index contributed by atoms with van der Waals surface area (Å²) in [6.07, 6.45) is 17.3. The standard InChI is InChI=1S/C30H39NO3S/c1-22-11-9-10-16-25(22)27-21-24(15-8-4-7-14-23-12-5-3-6-13-23)17-18-26(27)29(32)31-28(30(33)34)19-20-35-2/h8-11,15-18,21,23,28H,3-7,12-14,19-20H2,1-2H3,(H,31,32)(H,33,34)/b15-8+/t28-/m0/s1. The van der Waals surface area contributed by atoms with Gasteiger partial charge in [0.25, 0.3) is 5.91 Å². The van der Waals surface area contributed by atoms with Crippen LogP contribution >= 0.6 is 11.8 Å². The van der Waals surface area contributed by atoms with Crippen molar-refractivity contribution < 1.29 is 14.7 Å². The van der Waals surface area contributed by atoms with Crippen molar-refractivity contribution >= 4 is 29.7 Å². The number of rotatable bonds is 12. The fraction of sp³-hybridized carbons (Fsp3) is 0.467. The fourth-order valence-corrected chi connectivity index (χ4v) is 5.38.